The first kappa shape index (κ1) is 22.5. The van der Waals surface area contributed by atoms with Gasteiger partial charge in [-0.15, -0.1) is 0 Å². The molecule has 0 unspecified atom stereocenters. The van der Waals surface area contributed by atoms with Crippen molar-refractivity contribution in [3.05, 3.63) is 82.3 Å². The number of rotatable bonds is 6. The molecule has 0 radical (unpaired) electrons. The van der Waals surface area contributed by atoms with E-state index in [9.17, 15) is 13.2 Å². The molecular formula is C22H24BrN5O3S. The number of amides is 1. The van der Waals surface area contributed by atoms with Crippen molar-refractivity contribution in [2.24, 2.45) is 0 Å². The van der Waals surface area contributed by atoms with Crippen LogP contribution in [0, 0.1) is 0 Å². The lowest BCUT2D eigenvalue weighted by molar-refractivity contribution is 0.0944. The van der Waals surface area contributed by atoms with Crippen LogP contribution in [-0.2, 0) is 23.1 Å². The van der Waals surface area contributed by atoms with E-state index in [4.69, 9.17) is 0 Å². The van der Waals surface area contributed by atoms with Gasteiger partial charge < -0.3 is 15.2 Å². The number of anilines is 1. The fraction of sp³-hybridized carbons (Fsp3) is 0.273. The molecule has 1 atom stereocenters. The number of fused-ring (bicyclic) bond motifs is 1. The Morgan fingerprint density at radius 1 is 1.25 bits per heavy atom. The maximum absolute atomic E-state index is 12.7. The normalized spacial score (nSPS) is 16.9. The molecule has 0 bridgehead atoms. The number of hydrogen-bond donors (Lipinski definition) is 2. The van der Waals surface area contributed by atoms with Crippen LogP contribution in [-0.4, -0.2) is 54.0 Å². The molecule has 2 heterocycles. The Morgan fingerprint density at radius 2 is 2.03 bits per heavy atom. The highest BCUT2D eigenvalue weighted by molar-refractivity contribution is 9.10. The highest BCUT2D eigenvalue weighted by Crippen LogP contribution is 2.32. The molecule has 0 aliphatic carbocycles. The van der Waals surface area contributed by atoms with E-state index in [1.807, 2.05) is 24.3 Å². The number of carbonyl (C=O) groups is 1. The first-order valence-electron chi connectivity index (χ1n) is 10.1. The van der Waals surface area contributed by atoms with Gasteiger partial charge in [-0.3, -0.25) is 4.79 Å². The Bertz CT molecular complexity index is 1190. The van der Waals surface area contributed by atoms with E-state index in [-0.39, 0.29) is 19.0 Å². The van der Waals surface area contributed by atoms with E-state index in [2.05, 4.69) is 36.1 Å². The Morgan fingerprint density at radius 3 is 2.72 bits per heavy atom. The van der Waals surface area contributed by atoms with Crippen LogP contribution < -0.4 is 10.2 Å². The zero-order valence-electron chi connectivity index (χ0n) is 17.5. The summed E-state index contributed by atoms with van der Waals surface area (Å²) in [4.78, 5) is 21.9. The van der Waals surface area contributed by atoms with Crippen molar-refractivity contribution in [3.8, 4) is 0 Å². The average molecular weight is 518 g/mol. The number of benzene rings is 2. The van der Waals surface area contributed by atoms with E-state index < -0.39 is 16.1 Å². The second-order valence-corrected chi connectivity index (χ2v) is 10.6. The number of carbonyl (C=O) groups excluding carboxylic acids is 1. The number of hydrogen-bond acceptors (Lipinski definition) is 5. The van der Waals surface area contributed by atoms with Crippen LogP contribution in [0.3, 0.4) is 0 Å². The lowest BCUT2D eigenvalue weighted by Crippen LogP contribution is -2.50. The van der Waals surface area contributed by atoms with Crippen molar-refractivity contribution in [1.82, 2.24) is 19.6 Å². The molecule has 4 rings (SSSR count). The zero-order valence-corrected chi connectivity index (χ0v) is 19.9. The lowest BCUT2D eigenvalue weighted by atomic mass is 10.1. The van der Waals surface area contributed by atoms with Crippen molar-refractivity contribution in [2.45, 2.75) is 19.1 Å². The summed E-state index contributed by atoms with van der Waals surface area (Å²) in [6.07, 6.45) is 4.58. The number of aromatic nitrogens is 2. The van der Waals surface area contributed by atoms with Gasteiger partial charge in [0.2, 0.25) is 10.0 Å². The number of nitrogens with one attached hydrogen (secondary N) is 2. The van der Waals surface area contributed by atoms with Gasteiger partial charge in [0.05, 0.1) is 30.9 Å². The van der Waals surface area contributed by atoms with E-state index in [0.717, 1.165) is 21.4 Å². The van der Waals surface area contributed by atoms with E-state index in [1.54, 1.807) is 36.8 Å². The summed E-state index contributed by atoms with van der Waals surface area (Å²) in [5.74, 6) is -0.233. The van der Waals surface area contributed by atoms with E-state index in [1.165, 1.54) is 10.6 Å². The molecule has 1 aliphatic heterocycles. The number of aromatic amines is 1. The molecule has 0 spiro atoms. The van der Waals surface area contributed by atoms with Crippen LogP contribution in [0.25, 0.3) is 0 Å². The first-order chi connectivity index (χ1) is 15.3. The van der Waals surface area contributed by atoms with Crippen molar-refractivity contribution < 1.29 is 13.2 Å². The lowest BCUT2D eigenvalue weighted by Gasteiger charge is -2.31. The molecule has 0 fully saturated rings. The fourth-order valence-corrected chi connectivity index (χ4v) is 5.38. The largest absolute Gasteiger partial charge is 0.364 e. The Kier molecular flexibility index (Phi) is 6.63. The quantitative estimate of drug-likeness (QED) is 0.523. The predicted molar refractivity (Wildman–Crippen MR) is 127 cm³/mol. The third-order valence-corrected chi connectivity index (χ3v) is 7.20. The topological polar surface area (TPSA) is 98.4 Å². The maximum atomic E-state index is 12.7. The molecule has 8 nitrogen and oxygen atoms in total. The Labute approximate surface area is 195 Å². The summed E-state index contributed by atoms with van der Waals surface area (Å²) in [5.41, 5.74) is 3.29. The van der Waals surface area contributed by atoms with E-state index >= 15 is 0 Å². The fourth-order valence-electron chi connectivity index (χ4n) is 3.91. The molecule has 1 aliphatic rings. The maximum Gasteiger partial charge on any atom is 0.251 e. The molecule has 3 aromatic rings. The van der Waals surface area contributed by atoms with Gasteiger partial charge in [0.15, 0.2) is 0 Å². The molecule has 32 heavy (non-hydrogen) atoms. The molecule has 168 valence electrons. The van der Waals surface area contributed by atoms with E-state index in [0.29, 0.717) is 18.7 Å². The standard InChI is InChI=1S/C22H24BrN5O3S/c1-32(30,31)28-12-17-9-18(23)7-8-21(17)27(13-19-10-24-15-26-19)14-20(28)11-25-22(29)16-5-3-2-4-6-16/h2-10,15,20H,11-14H2,1H3,(H,24,26)(H,25,29)/t20-/m1/s1. The smallest absolute Gasteiger partial charge is 0.251 e. The molecule has 2 N–H and O–H groups in total. The third kappa shape index (κ3) is 5.20. The minimum Gasteiger partial charge on any atom is -0.364 e. The van der Waals surface area contributed by atoms with Crippen LogP contribution in [0.2, 0.25) is 0 Å². The second-order valence-electron chi connectivity index (χ2n) is 7.77. The van der Waals surface area contributed by atoms with Gasteiger partial charge in [0.25, 0.3) is 5.91 Å². The predicted octanol–water partition coefficient (Wildman–Crippen LogP) is 2.75. The summed E-state index contributed by atoms with van der Waals surface area (Å²) >= 11 is 3.50. The first-order valence-corrected chi connectivity index (χ1v) is 12.8. The molecule has 10 heteroatoms. The van der Waals surface area contributed by atoms with Crippen LogP contribution in [0.5, 0.6) is 0 Å². The number of H-pyrrole nitrogens is 1. The highest BCUT2D eigenvalue weighted by atomic mass is 79.9. The second kappa shape index (κ2) is 9.43. The van der Waals surface area contributed by atoms with Gasteiger partial charge in [-0.1, -0.05) is 34.1 Å². The van der Waals surface area contributed by atoms with Crippen LogP contribution in [0.15, 0.2) is 65.5 Å². The zero-order chi connectivity index (χ0) is 22.7. The number of halogens is 1. The minimum atomic E-state index is -3.53. The van der Waals surface area contributed by atoms with Crippen LogP contribution in [0.1, 0.15) is 21.6 Å². The summed E-state index contributed by atoms with van der Waals surface area (Å²) in [7, 11) is -3.53. The Hall–Kier alpha value is -2.69. The SMILES string of the molecule is CS(=O)(=O)N1Cc2cc(Br)ccc2N(Cc2cnc[nH]2)C[C@H]1CNC(=O)c1ccccc1. The molecular weight excluding hydrogens is 494 g/mol. The van der Waals surface area contributed by atoms with Gasteiger partial charge >= 0.3 is 0 Å². The summed E-state index contributed by atoms with van der Waals surface area (Å²) in [6.45, 7) is 1.36. The molecule has 1 amide bonds. The van der Waals surface area contributed by atoms with Crippen molar-refractivity contribution in [3.63, 3.8) is 0 Å². The Balaban J connectivity index is 1.65. The number of nitrogens with zero attached hydrogens (tertiary/aromatic N) is 3. The molecule has 0 saturated carbocycles. The third-order valence-electron chi connectivity index (χ3n) is 5.42. The summed E-state index contributed by atoms with van der Waals surface area (Å²) in [6, 6.07) is 14.3. The summed E-state index contributed by atoms with van der Waals surface area (Å²) in [5, 5.41) is 2.91. The van der Waals surface area contributed by atoms with Gasteiger partial charge in [0.1, 0.15) is 0 Å². The van der Waals surface area contributed by atoms with Gasteiger partial charge in [0, 0.05) is 41.6 Å². The molecule has 0 saturated heterocycles. The van der Waals surface area contributed by atoms with Gasteiger partial charge in [-0.05, 0) is 35.9 Å². The van der Waals surface area contributed by atoms with Gasteiger partial charge in [-0.25, -0.2) is 13.4 Å². The van der Waals surface area contributed by atoms with Crippen LogP contribution >= 0.6 is 15.9 Å². The summed E-state index contributed by atoms with van der Waals surface area (Å²) < 4.78 is 27.8. The van der Waals surface area contributed by atoms with Crippen molar-refractivity contribution in [1.29, 1.82) is 0 Å². The monoisotopic (exact) mass is 517 g/mol. The number of imidazole rings is 1. The highest BCUT2D eigenvalue weighted by Gasteiger charge is 2.33. The van der Waals surface area contributed by atoms with Crippen LogP contribution in [0.4, 0.5) is 5.69 Å². The van der Waals surface area contributed by atoms with Crippen molar-refractivity contribution in [2.75, 3.05) is 24.2 Å². The minimum absolute atomic E-state index is 0.190. The molecule has 2 aromatic carbocycles. The van der Waals surface area contributed by atoms with Crippen molar-refractivity contribution >= 4 is 37.5 Å². The van der Waals surface area contributed by atoms with Gasteiger partial charge in [-0.2, -0.15) is 4.31 Å². The number of sulfonamides is 1. The average Bonchev–Trinajstić information content (AvgIpc) is 3.21. The molecule has 1 aromatic heterocycles.